The first kappa shape index (κ1) is 19.8. The number of hydrogen-bond acceptors (Lipinski definition) is 4. The normalized spacial score (nSPS) is 15.3. The summed E-state index contributed by atoms with van der Waals surface area (Å²) in [5, 5.41) is 14.6. The zero-order chi connectivity index (χ0) is 19.2. The van der Waals surface area contributed by atoms with Crippen LogP contribution >= 0.6 is 11.3 Å². The summed E-state index contributed by atoms with van der Waals surface area (Å²) in [4.78, 5) is 12.7. The maximum absolute atomic E-state index is 13.8. The minimum absolute atomic E-state index is 0.0992. The van der Waals surface area contributed by atoms with Crippen molar-refractivity contribution in [2.75, 3.05) is 20.1 Å². The second-order valence-corrected chi connectivity index (χ2v) is 7.94. The molecule has 1 unspecified atom stereocenters. The molecule has 0 spiro atoms. The van der Waals surface area contributed by atoms with Crippen LogP contribution in [0.4, 0.5) is 4.39 Å². The van der Waals surface area contributed by atoms with Gasteiger partial charge < -0.3 is 15.3 Å². The average molecular weight is 391 g/mol. The first-order valence-corrected chi connectivity index (χ1v) is 10.3. The molecule has 0 amide bonds. The summed E-state index contributed by atoms with van der Waals surface area (Å²) in [6.45, 7) is 3.48. The van der Waals surface area contributed by atoms with Crippen molar-refractivity contribution in [1.82, 2.24) is 15.2 Å². The molecule has 0 radical (unpaired) electrons. The lowest BCUT2D eigenvalue weighted by Gasteiger charge is -2.21. The molecule has 5 nitrogen and oxygen atoms in total. The Balaban J connectivity index is 1.67. The molecule has 2 aromatic rings. The van der Waals surface area contributed by atoms with Crippen molar-refractivity contribution in [3.63, 3.8) is 0 Å². The number of aryl methyl sites for hydroxylation is 2. The Morgan fingerprint density at radius 2 is 2.15 bits per heavy atom. The first-order chi connectivity index (χ1) is 13.1. The van der Waals surface area contributed by atoms with E-state index in [4.69, 9.17) is 4.98 Å². The highest BCUT2D eigenvalue weighted by molar-refractivity contribution is 7.11. The fraction of sp³-hybridized carbons (Fsp3) is 0.500. The van der Waals surface area contributed by atoms with Crippen LogP contribution in [0.3, 0.4) is 0 Å². The summed E-state index contributed by atoms with van der Waals surface area (Å²) >= 11 is 1.79. The van der Waals surface area contributed by atoms with Crippen LogP contribution < -0.4 is 5.32 Å². The van der Waals surface area contributed by atoms with Crippen molar-refractivity contribution in [3.8, 4) is 0 Å². The lowest BCUT2D eigenvalue weighted by atomic mass is 10.0. The highest BCUT2D eigenvalue weighted by atomic mass is 32.1. The summed E-state index contributed by atoms with van der Waals surface area (Å²) in [6.07, 6.45) is 3.73. The summed E-state index contributed by atoms with van der Waals surface area (Å²) in [5.74, 6) is 0.271. The van der Waals surface area contributed by atoms with Crippen LogP contribution in [0.25, 0.3) is 0 Å². The number of aliphatic imine (C=N–C) groups is 1. The van der Waals surface area contributed by atoms with Gasteiger partial charge in [0, 0.05) is 24.0 Å². The molecule has 1 aromatic heterocycles. The molecule has 1 atom stereocenters. The van der Waals surface area contributed by atoms with E-state index in [9.17, 15) is 9.50 Å². The number of nitrogens with one attached hydrogen (secondary N) is 1. The number of hydrogen-bond donors (Lipinski definition) is 2. The van der Waals surface area contributed by atoms with Crippen molar-refractivity contribution in [1.29, 1.82) is 0 Å². The molecule has 1 aromatic carbocycles. The van der Waals surface area contributed by atoms with Gasteiger partial charge >= 0.3 is 0 Å². The third kappa shape index (κ3) is 5.05. The SMILES string of the molecule is CCNC(=NCC(O)c1ccccc1F)N(C)Cc1nc2c(s1)CCCC2. The number of aliphatic hydroxyl groups excluding tert-OH is 1. The van der Waals surface area contributed by atoms with Crippen LogP contribution in [-0.4, -0.2) is 41.1 Å². The van der Waals surface area contributed by atoms with Gasteiger partial charge in [0.15, 0.2) is 5.96 Å². The van der Waals surface area contributed by atoms with Gasteiger partial charge in [0.2, 0.25) is 0 Å². The molecule has 2 N–H and O–H groups in total. The van der Waals surface area contributed by atoms with E-state index in [2.05, 4.69) is 10.3 Å². The van der Waals surface area contributed by atoms with Gasteiger partial charge in [-0.25, -0.2) is 9.37 Å². The van der Waals surface area contributed by atoms with E-state index in [1.807, 2.05) is 18.9 Å². The van der Waals surface area contributed by atoms with Crippen molar-refractivity contribution >= 4 is 17.3 Å². The molecule has 0 saturated heterocycles. The first-order valence-electron chi connectivity index (χ1n) is 9.48. The monoisotopic (exact) mass is 390 g/mol. The molecule has 1 heterocycles. The quantitative estimate of drug-likeness (QED) is 0.587. The zero-order valence-corrected chi connectivity index (χ0v) is 16.7. The fourth-order valence-corrected chi connectivity index (χ4v) is 4.45. The Kier molecular flexibility index (Phi) is 6.79. The van der Waals surface area contributed by atoms with E-state index in [0.717, 1.165) is 17.8 Å². The minimum atomic E-state index is -0.972. The molecule has 0 bridgehead atoms. The minimum Gasteiger partial charge on any atom is -0.386 e. The van der Waals surface area contributed by atoms with Gasteiger partial charge in [-0.1, -0.05) is 18.2 Å². The molecule has 3 rings (SSSR count). The van der Waals surface area contributed by atoms with Gasteiger partial charge in [0.05, 0.1) is 18.8 Å². The molecule has 0 saturated carbocycles. The van der Waals surface area contributed by atoms with Gasteiger partial charge in [-0.2, -0.15) is 0 Å². The van der Waals surface area contributed by atoms with Crippen LogP contribution in [0.1, 0.15) is 47.0 Å². The molecular weight excluding hydrogens is 363 g/mol. The Bertz CT molecular complexity index is 769. The number of guanidine groups is 1. The molecule has 1 aliphatic carbocycles. The average Bonchev–Trinajstić information content (AvgIpc) is 3.07. The third-order valence-electron chi connectivity index (χ3n) is 4.64. The molecule has 7 heteroatoms. The van der Waals surface area contributed by atoms with E-state index >= 15 is 0 Å². The summed E-state index contributed by atoms with van der Waals surface area (Å²) in [7, 11) is 1.96. The van der Waals surface area contributed by atoms with E-state index < -0.39 is 11.9 Å². The van der Waals surface area contributed by atoms with Crippen molar-refractivity contribution < 1.29 is 9.50 Å². The number of fused-ring (bicyclic) bond motifs is 1. The number of thiazole rings is 1. The Labute approximate surface area is 164 Å². The molecule has 146 valence electrons. The van der Waals surface area contributed by atoms with Crippen LogP contribution in [0, 0.1) is 5.82 Å². The van der Waals surface area contributed by atoms with Crippen molar-refractivity contribution in [2.45, 2.75) is 45.3 Å². The van der Waals surface area contributed by atoms with Gasteiger partial charge in [-0.3, -0.25) is 4.99 Å². The predicted molar refractivity (Wildman–Crippen MR) is 108 cm³/mol. The van der Waals surface area contributed by atoms with Crippen molar-refractivity contribution in [3.05, 3.63) is 51.2 Å². The molecule has 27 heavy (non-hydrogen) atoms. The van der Waals surface area contributed by atoms with Crippen LogP contribution in [0.5, 0.6) is 0 Å². The lowest BCUT2D eigenvalue weighted by Crippen LogP contribution is -2.38. The fourth-order valence-electron chi connectivity index (χ4n) is 3.24. The van der Waals surface area contributed by atoms with Crippen LogP contribution in [0.2, 0.25) is 0 Å². The number of benzene rings is 1. The van der Waals surface area contributed by atoms with E-state index in [1.165, 1.54) is 29.5 Å². The van der Waals surface area contributed by atoms with E-state index in [-0.39, 0.29) is 12.1 Å². The van der Waals surface area contributed by atoms with Gasteiger partial charge in [0.1, 0.15) is 16.9 Å². The summed E-state index contributed by atoms with van der Waals surface area (Å²) < 4.78 is 13.8. The Morgan fingerprint density at radius 1 is 1.37 bits per heavy atom. The molecule has 0 aliphatic heterocycles. The topological polar surface area (TPSA) is 60.8 Å². The van der Waals surface area contributed by atoms with E-state index in [0.29, 0.717) is 19.0 Å². The highest BCUT2D eigenvalue weighted by Crippen LogP contribution is 2.27. The van der Waals surface area contributed by atoms with E-state index in [1.54, 1.807) is 29.5 Å². The lowest BCUT2D eigenvalue weighted by molar-refractivity contribution is 0.181. The molecular formula is C20H27FN4OS. The highest BCUT2D eigenvalue weighted by Gasteiger charge is 2.17. The summed E-state index contributed by atoms with van der Waals surface area (Å²) in [5.41, 5.74) is 1.53. The maximum Gasteiger partial charge on any atom is 0.194 e. The standard InChI is InChI=1S/C20H27FN4OS/c1-3-22-20(23-12-17(26)14-8-4-5-9-15(14)21)25(2)13-19-24-16-10-6-7-11-18(16)27-19/h4-5,8-9,17,26H,3,6-7,10-13H2,1-2H3,(H,22,23). The van der Waals surface area contributed by atoms with Gasteiger partial charge in [-0.15, -0.1) is 11.3 Å². The predicted octanol–water partition coefficient (Wildman–Crippen LogP) is 3.29. The second kappa shape index (κ2) is 9.28. The number of nitrogens with zero attached hydrogens (tertiary/aromatic N) is 3. The molecule has 0 fully saturated rings. The van der Waals surface area contributed by atoms with Crippen LogP contribution in [0.15, 0.2) is 29.3 Å². The van der Waals surface area contributed by atoms with Gasteiger partial charge in [0.25, 0.3) is 0 Å². The largest absolute Gasteiger partial charge is 0.386 e. The zero-order valence-electron chi connectivity index (χ0n) is 15.9. The Hall–Kier alpha value is -1.99. The van der Waals surface area contributed by atoms with Crippen LogP contribution in [-0.2, 0) is 19.4 Å². The molecule has 1 aliphatic rings. The third-order valence-corrected chi connectivity index (χ3v) is 5.78. The number of aliphatic hydroxyl groups is 1. The number of halogens is 1. The maximum atomic E-state index is 13.8. The summed E-state index contributed by atoms with van der Waals surface area (Å²) in [6, 6.07) is 6.27. The number of aromatic nitrogens is 1. The Morgan fingerprint density at radius 3 is 2.89 bits per heavy atom. The second-order valence-electron chi connectivity index (χ2n) is 6.77. The van der Waals surface area contributed by atoms with Crippen molar-refractivity contribution in [2.24, 2.45) is 4.99 Å². The van der Waals surface area contributed by atoms with Gasteiger partial charge in [-0.05, 0) is 38.7 Å². The number of rotatable bonds is 6. The smallest absolute Gasteiger partial charge is 0.194 e.